The highest BCUT2D eigenvalue weighted by atomic mass is 79.9. The molecule has 2 rings (SSSR count). The van der Waals surface area contributed by atoms with Gasteiger partial charge in [-0.3, -0.25) is 0 Å². The van der Waals surface area contributed by atoms with E-state index in [0.29, 0.717) is 4.47 Å². The van der Waals surface area contributed by atoms with Crippen molar-refractivity contribution in [3.05, 3.63) is 34.3 Å². The molecule has 0 radical (unpaired) electrons. The molecule has 2 aromatic rings. The largest absolute Gasteiger partial charge is 0.368 e. The Balaban J connectivity index is 2.67. The molecular weight excluding hydrogens is 308 g/mol. The summed E-state index contributed by atoms with van der Waals surface area (Å²) in [5.41, 5.74) is 8.07. The zero-order valence-corrected chi connectivity index (χ0v) is 10.5. The molecule has 0 saturated heterocycles. The SMILES string of the molecule is NNc1nc(N)nc(-c2ccc(F)cc2F)c1Br. The van der Waals surface area contributed by atoms with Crippen molar-refractivity contribution in [2.75, 3.05) is 11.2 Å². The molecule has 0 saturated carbocycles. The second kappa shape index (κ2) is 4.83. The Morgan fingerprint density at radius 3 is 2.56 bits per heavy atom. The zero-order valence-electron chi connectivity index (χ0n) is 8.92. The third-order valence-corrected chi connectivity index (χ3v) is 2.94. The predicted molar refractivity (Wildman–Crippen MR) is 67.3 cm³/mol. The summed E-state index contributed by atoms with van der Waals surface area (Å²) in [5.74, 6) is 3.95. The van der Waals surface area contributed by atoms with Gasteiger partial charge >= 0.3 is 0 Å². The van der Waals surface area contributed by atoms with Gasteiger partial charge < -0.3 is 11.2 Å². The molecule has 0 amide bonds. The van der Waals surface area contributed by atoms with Crippen molar-refractivity contribution >= 4 is 27.7 Å². The third kappa shape index (κ3) is 2.24. The van der Waals surface area contributed by atoms with Crippen molar-refractivity contribution in [1.82, 2.24) is 9.97 Å². The van der Waals surface area contributed by atoms with Crippen molar-refractivity contribution < 1.29 is 8.78 Å². The Labute approximate surface area is 109 Å². The number of nitrogens with one attached hydrogen (secondary N) is 1. The van der Waals surface area contributed by atoms with Crippen LogP contribution >= 0.6 is 15.9 Å². The summed E-state index contributed by atoms with van der Waals surface area (Å²) in [6, 6.07) is 3.14. The monoisotopic (exact) mass is 315 g/mol. The van der Waals surface area contributed by atoms with E-state index in [1.807, 2.05) is 0 Å². The number of benzene rings is 1. The molecule has 1 aromatic heterocycles. The highest BCUT2D eigenvalue weighted by molar-refractivity contribution is 9.10. The number of rotatable bonds is 2. The van der Waals surface area contributed by atoms with Crippen LogP contribution < -0.4 is 17.0 Å². The molecule has 0 aliphatic rings. The van der Waals surface area contributed by atoms with Gasteiger partial charge in [0.05, 0.1) is 10.2 Å². The van der Waals surface area contributed by atoms with Gasteiger partial charge in [0.1, 0.15) is 11.6 Å². The van der Waals surface area contributed by atoms with Gasteiger partial charge in [0.2, 0.25) is 5.95 Å². The summed E-state index contributed by atoms with van der Waals surface area (Å²) < 4.78 is 26.9. The van der Waals surface area contributed by atoms with Crippen molar-refractivity contribution in [2.24, 2.45) is 5.84 Å². The van der Waals surface area contributed by atoms with Crippen LogP contribution in [0.2, 0.25) is 0 Å². The van der Waals surface area contributed by atoms with E-state index in [4.69, 9.17) is 11.6 Å². The predicted octanol–water partition coefficient (Wildman–Crippen LogP) is 2.05. The molecule has 8 heteroatoms. The highest BCUT2D eigenvalue weighted by Gasteiger charge is 2.16. The normalized spacial score (nSPS) is 10.4. The Bertz CT molecular complexity index is 605. The first-order valence-corrected chi connectivity index (χ1v) is 5.57. The number of halogens is 3. The second-order valence-electron chi connectivity index (χ2n) is 3.36. The Kier molecular flexibility index (Phi) is 3.39. The fraction of sp³-hybridized carbons (Fsp3) is 0. The molecule has 5 nitrogen and oxygen atoms in total. The van der Waals surface area contributed by atoms with E-state index in [-0.39, 0.29) is 23.0 Å². The van der Waals surface area contributed by atoms with Gasteiger partial charge in [-0.05, 0) is 28.1 Å². The van der Waals surface area contributed by atoms with Gasteiger partial charge in [-0.15, -0.1) is 0 Å². The van der Waals surface area contributed by atoms with Crippen molar-refractivity contribution in [3.63, 3.8) is 0 Å². The van der Waals surface area contributed by atoms with Crippen LogP contribution in [0.3, 0.4) is 0 Å². The van der Waals surface area contributed by atoms with Gasteiger partial charge in [-0.1, -0.05) is 0 Å². The molecule has 94 valence electrons. The van der Waals surface area contributed by atoms with Crippen molar-refractivity contribution in [2.45, 2.75) is 0 Å². The van der Waals surface area contributed by atoms with Crippen LogP contribution in [-0.2, 0) is 0 Å². The Hall–Kier alpha value is -1.80. The molecule has 0 spiro atoms. The van der Waals surface area contributed by atoms with E-state index in [9.17, 15) is 8.78 Å². The number of nitrogen functional groups attached to an aromatic ring is 2. The average molecular weight is 316 g/mol. The van der Waals surface area contributed by atoms with E-state index in [1.54, 1.807) is 0 Å². The number of nitrogens with zero attached hydrogens (tertiary/aromatic N) is 2. The van der Waals surface area contributed by atoms with Gasteiger partial charge in [-0.25, -0.2) is 19.6 Å². The van der Waals surface area contributed by atoms with Crippen LogP contribution in [0, 0.1) is 11.6 Å². The van der Waals surface area contributed by atoms with Gasteiger partial charge in [0.25, 0.3) is 0 Å². The minimum absolute atomic E-state index is 0.0788. The standard InChI is InChI=1S/C10H8BrF2N5/c11-7-8(16-10(14)17-9(7)18-15)5-2-1-4(12)3-6(5)13/h1-3H,15H2,(H3,14,16,17,18). The molecule has 1 heterocycles. The number of aromatic nitrogens is 2. The summed E-state index contributed by atoms with van der Waals surface area (Å²) in [6.07, 6.45) is 0. The first-order chi connectivity index (χ1) is 8.52. The number of anilines is 2. The van der Waals surface area contributed by atoms with Crippen LogP contribution in [0.15, 0.2) is 22.7 Å². The lowest BCUT2D eigenvalue weighted by atomic mass is 10.1. The third-order valence-electron chi connectivity index (χ3n) is 2.19. The van der Waals surface area contributed by atoms with E-state index in [2.05, 4.69) is 31.3 Å². The lowest BCUT2D eigenvalue weighted by molar-refractivity contribution is 0.585. The summed E-state index contributed by atoms with van der Waals surface area (Å²) >= 11 is 3.18. The highest BCUT2D eigenvalue weighted by Crippen LogP contribution is 2.33. The van der Waals surface area contributed by atoms with E-state index >= 15 is 0 Å². The maximum Gasteiger partial charge on any atom is 0.222 e. The summed E-state index contributed by atoms with van der Waals surface area (Å²) in [6.45, 7) is 0. The molecular formula is C10H8BrF2N5. The Morgan fingerprint density at radius 2 is 1.94 bits per heavy atom. The topological polar surface area (TPSA) is 89.8 Å². The number of hydrogen-bond donors (Lipinski definition) is 3. The maximum absolute atomic E-state index is 13.7. The molecule has 5 N–H and O–H groups in total. The number of hydrogen-bond acceptors (Lipinski definition) is 5. The fourth-order valence-electron chi connectivity index (χ4n) is 1.42. The van der Waals surface area contributed by atoms with Gasteiger partial charge in [0.15, 0.2) is 5.82 Å². The summed E-state index contributed by atoms with van der Waals surface area (Å²) in [4.78, 5) is 7.72. The molecule has 0 fully saturated rings. The molecule has 0 unspecified atom stereocenters. The van der Waals surface area contributed by atoms with Gasteiger partial charge in [0, 0.05) is 11.6 Å². The average Bonchev–Trinajstić information content (AvgIpc) is 2.32. The minimum atomic E-state index is -0.753. The van der Waals surface area contributed by atoms with E-state index in [0.717, 1.165) is 12.1 Å². The molecule has 0 aliphatic carbocycles. The lowest BCUT2D eigenvalue weighted by Gasteiger charge is -2.09. The zero-order chi connectivity index (χ0) is 13.3. The molecule has 1 aromatic carbocycles. The van der Waals surface area contributed by atoms with Crippen molar-refractivity contribution in [1.29, 1.82) is 0 Å². The number of hydrazine groups is 1. The second-order valence-corrected chi connectivity index (χ2v) is 4.15. The van der Waals surface area contributed by atoms with Crippen LogP contribution in [0.1, 0.15) is 0 Å². The van der Waals surface area contributed by atoms with E-state index in [1.165, 1.54) is 6.07 Å². The summed E-state index contributed by atoms with van der Waals surface area (Å²) in [5, 5.41) is 0. The quantitative estimate of drug-likeness (QED) is 0.583. The van der Waals surface area contributed by atoms with Crippen LogP contribution in [0.4, 0.5) is 20.5 Å². The van der Waals surface area contributed by atoms with Crippen molar-refractivity contribution in [3.8, 4) is 11.3 Å². The van der Waals surface area contributed by atoms with Crippen LogP contribution in [0.5, 0.6) is 0 Å². The lowest BCUT2D eigenvalue weighted by Crippen LogP contribution is -2.12. The minimum Gasteiger partial charge on any atom is -0.368 e. The first-order valence-electron chi connectivity index (χ1n) is 4.78. The van der Waals surface area contributed by atoms with E-state index < -0.39 is 11.6 Å². The van der Waals surface area contributed by atoms with Crippen LogP contribution in [-0.4, -0.2) is 9.97 Å². The fourth-order valence-corrected chi connectivity index (χ4v) is 1.93. The Morgan fingerprint density at radius 1 is 1.22 bits per heavy atom. The smallest absolute Gasteiger partial charge is 0.222 e. The molecule has 0 atom stereocenters. The molecule has 0 bridgehead atoms. The molecule has 18 heavy (non-hydrogen) atoms. The molecule has 0 aliphatic heterocycles. The number of nitrogens with two attached hydrogens (primary N) is 2. The van der Waals surface area contributed by atoms with Crippen LogP contribution in [0.25, 0.3) is 11.3 Å². The first kappa shape index (κ1) is 12.7. The summed E-state index contributed by atoms with van der Waals surface area (Å²) in [7, 11) is 0. The maximum atomic E-state index is 13.7. The van der Waals surface area contributed by atoms with Gasteiger partial charge in [-0.2, -0.15) is 4.98 Å².